The van der Waals surface area contributed by atoms with Crippen molar-refractivity contribution in [1.29, 1.82) is 0 Å². The Morgan fingerprint density at radius 1 is 1.33 bits per heavy atom. The highest BCUT2D eigenvalue weighted by Gasteiger charge is 2.47. The molecular formula is C12H18O2S. The van der Waals surface area contributed by atoms with E-state index in [1.807, 2.05) is 6.92 Å². The van der Waals surface area contributed by atoms with Gasteiger partial charge in [0.1, 0.15) is 5.76 Å². The smallest absolute Gasteiger partial charge is 0.219 e. The van der Waals surface area contributed by atoms with Crippen molar-refractivity contribution in [2.45, 2.75) is 50.7 Å². The van der Waals surface area contributed by atoms with Crippen molar-refractivity contribution in [3.05, 3.63) is 11.3 Å². The number of carbonyl (C=O) groups excluding carboxylic acids is 1. The molecule has 1 atom stereocenters. The van der Waals surface area contributed by atoms with E-state index >= 15 is 0 Å². The fourth-order valence-corrected chi connectivity index (χ4v) is 4.00. The molecule has 1 saturated carbocycles. The zero-order valence-corrected chi connectivity index (χ0v) is 10.2. The molecule has 1 aliphatic heterocycles. The molecule has 0 amide bonds. The molecule has 2 nitrogen and oxygen atoms in total. The molecule has 3 heteroatoms. The monoisotopic (exact) mass is 226 g/mol. The highest BCUT2D eigenvalue weighted by atomic mass is 32.2. The highest BCUT2D eigenvalue weighted by molar-refractivity contribution is 8.15. The lowest BCUT2D eigenvalue weighted by molar-refractivity contribution is -0.107. The van der Waals surface area contributed by atoms with E-state index in [9.17, 15) is 9.90 Å². The number of rotatable bonds is 1. The number of aliphatic hydroxyl groups excluding tert-OH is 1. The molecule has 0 aromatic rings. The maximum Gasteiger partial charge on any atom is 0.219 e. The topological polar surface area (TPSA) is 37.3 Å². The lowest BCUT2D eigenvalue weighted by atomic mass is 9.79. The van der Waals surface area contributed by atoms with Crippen LogP contribution in [0.3, 0.4) is 0 Å². The summed E-state index contributed by atoms with van der Waals surface area (Å²) in [5, 5.41) is 10.1. The van der Waals surface area contributed by atoms with Crippen molar-refractivity contribution < 1.29 is 9.90 Å². The minimum Gasteiger partial charge on any atom is -0.510 e. The highest BCUT2D eigenvalue weighted by Crippen LogP contribution is 2.51. The van der Waals surface area contributed by atoms with E-state index in [1.54, 1.807) is 6.92 Å². The Morgan fingerprint density at radius 3 is 2.40 bits per heavy atom. The van der Waals surface area contributed by atoms with Crippen molar-refractivity contribution in [3.63, 3.8) is 0 Å². The van der Waals surface area contributed by atoms with Gasteiger partial charge in [0, 0.05) is 5.57 Å². The molecule has 1 aliphatic carbocycles. The van der Waals surface area contributed by atoms with Gasteiger partial charge in [0.05, 0.1) is 4.75 Å². The summed E-state index contributed by atoms with van der Waals surface area (Å²) in [6, 6.07) is 0. The second-order valence-corrected chi connectivity index (χ2v) is 6.23. The Morgan fingerprint density at radius 2 is 1.93 bits per heavy atom. The van der Waals surface area contributed by atoms with Gasteiger partial charge in [-0.05, 0) is 32.6 Å². The lowest BCUT2D eigenvalue weighted by Gasteiger charge is -2.35. The van der Waals surface area contributed by atoms with Crippen LogP contribution >= 0.6 is 11.8 Å². The Balaban J connectivity index is 2.23. The van der Waals surface area contributed by atoms with E-state index in [0.29, 0.717) is 17.3 Å². The summed E-state index contributed by atoms with van der Waals surface area (Å²) in [6.07, 6.45) is 6.07. The van der Waals surface area contributed by atoms with Gasteiger partial charge in [-0.15, -0.1) is 0 Å². The molecule has 0 radical (unpaired) electrons. The van der Waals surface area contributed by atoms with Crippen LogP contribution in [-0.2, 0) is 4.79 Å². The van der Waals surface area contributed by atoms with Gasteiger partial charge in [0.2, 0.25) is 5.12 Å². The van der Waals surface area contributed by atoms with Crippen LogP contribution in [0.15, 0.2) is 11.3 Å². The quantitative estimate of drug-likeness (QED) is 0.744. The van der Waals surface area contributed by atoms with Gasteiger partial charge in [-0.1, -0.05) is 31.0 Å². The predicted molar refractivity (Wildman–Crippen MR) is 62.9 cm³/mol. The summed E-state index contributed by atoms with van der Waals surface area (Å²) in [5.74, 6) is 0.807. The van der Waals surface area contributed by atoms with Crippen LogP contribution in [-0.4, -0.2) is 15.0 Å². The van der Waals surface area contributed by atoms with Crippen LogP contribution in [0.1, 0.15) is 46.0 Å². The Hall–Kier alpha value is -0.440. The van der Waals surface area contributed by atoms with Gasteiger partial charge in [0.25, 0.3) is 0 Å². The minimum atomic E-state index is -0.332. The van der Waals surface area contributed by atoms with Crippen molar-refractivity contribution in [1.82, 2.24) is 0 Å². The molecule has 15 heavy (non-hydrogen) atoms. The van der Waals surface area contributed by atoms with E-state index in [4.69, 9.17) is 0 Å². The van der Waals surface area contributed by atoms with Crippen molar-refractivity contribution in [2.24, 2.45) is 5.92 Å². The SMILES string of the molecule is CC1=C(O)C(C)(C2CCCCC2)SC1=O. The Bertz CT molecular complexity index is 316. The normalized spacial score (nSPS) is 33.9. The van der Waals surface area contributed by atoms with E-state index < -0.39 is 0 Å². The third kappa shape index (κ3) is 1.71. The molecule has 1 unspecified atom stereocenters. The number of hydrogen-bond acceptors (Lipinski definition) is 3. The molecule has 1 N–H and O–H groups in total. The molecule has 2 aliphatic rings. The second-order valence-electron chi connectivity index (χ2n) is 4.81. The van der Waals surface area contributed by atoms with Crippen molar-refractivity contribution >= 4 is 16.9 Å². The van der Waals surface area contributed by atoms with Gasteiger partial charge in [-0.3, -0.25) is 4.79 Å². The number of thioether (sulfide) groups is 1. The minimum absolute atomic E-state index is 0.0561. The summed E-state index contributed by atoms with van der Waals surface area (Å²) < 4.78 is -0.332. The third-order valence-electron chi connectivity index (χ3n) is 3.82. The largest absolute Gasteiger partial charge is 0.510 e. The van der Waals surface area contributed by atoms with Crippen LogP contribution in [0.4, 0.5) is 0 Å². The molecule has 0 bridgehead atoms. The zero-order valence-electron chi connectivity index (χ0n) is 9.38. The maximum absolute atomic E-state index is 11.6. The first-order chi connectivity index (χ1) is 7.05. The molecular weight excluding hydrogens is 208 g/mol. The van der Waals surface area contributed by atoms with E-state index in [2.05, 4.69) is 0 Å². The van der Waals surface area contributed by atoms with Gasteiger partial charge in [-0.25, -0.2) is 0 Å². The predicted octanol–water partition coefficient (Wildman–Crippen LogP) is 3.43. The first kappa shape index (κ1) is 11.1. The number of hydrogen-bond donors (Lipinski definition) is 1. The zero-order chi connectivity index (χ0) is 11.1. The lowest BCUT2D eigenvalue weighted by Crippen LogP contribution is -2.33. The molecule has 0 spiro atoms. The number of carbonyl (C=O) groups is 1. The maximum atomic E-state index is 11.6. The molecule has 2 rings (SSSR count). The molecule has 1 fully saturated rings. The van der Waals surface area contributed by atoms with Crippen LogP contribution in [0.2, 0.25) is 0 Å². The molecule has 0 aromatic heterocycles. The van der Waals surface area contributed by atoms with Crippen LogP contribution in [0, 0.1) is 5.92 Å². The summed E-state index contributed by atoms with van der Waals surface area (Å²) >= 11 is 1.33. The third-order valence-corrected chi connectivity index (χ3v) is 5.26. The average Bonchev–Trinajstić information content (AvgIpc) is 2.45. The molecule has 0 aromatic carbocycles. The van der Waals surface area contributed by atoms with Crippen LogP contribution in [0.25, 0.3) is 0 Å². The van der Waals surface area contributed by atoms with Gasteiger partial charge in [-0.2, -0.15) is 0 Å². The van der Waals surface area contributed by atoms with E-state index in [1.165, 1.54) is 31.0 Å². The number of aliphatic hydroxyl groups is 1. The van der Waals surface area contributed by atoms with Gasteiger partial charge >= 0.3 is 0 Å². The standard InChI is InChI=1S/C12H18O2S/c1-8-10(13)12(2,15-11(8)14)9-6-4-3-5-7-9/h9,13H,3-7H2,1-2H3. The van der Waals surface area contributed by atoms with Crippen molar-refractivity contribution in [3.8, 4) is 0 Å². The second kappa shape index (κ2) is 3.85. The van der Waals surface area contributed by atoms with Gasteiger partial charge < -0.3 is 5.11 Å². The van der Waals surface area contributed by atoms with Crippen LogP contribution in [0.5, 0.6) is 0 Å². The van der Waals surface area contributed by atoms with Crippen molar-refractivity contribution in [2.75, 3.05) is 0 Å². The fraction of sp³-hybridized carbons (Fsp3) is 0.750. The first-order valence-corrected chi connectivity index (χ1v) is 6.51. The molecule has 1 heterocycles. The molecule has 0 saturated heterocycles. The van der Waals surface area contributed by atoms with E-state index in [-0.39, 0.29) is 9.86 Å². The Kier molecular flexibility index (Phi) is 2.84. The summed E-state index contributed by atoms with van der Waals surface area (Å²) in [5.41, 5.74) is 0.563. The van der Waals surface area contributed by atoms with E-state index in [0.717, 1.165) is 12.8 Å². The average molecular weight is 226 g/mol. The van der Waals surface area contributed by atoms with Crippen LogP contribution < -0.4 is 0 Å². The summed E-state index contributed by atoms with van der Waals surface area (Å²) in [6.45, 7) is 3.76. The summed E-state index contributed by atoms with van der Waals surface area (Å²) in [7, 11) is 0. The Labute approximate surface area is 95.1 Å². The first-order valence-electron chi connectivity index (χ1n) is 5.69. The fourth-order valence-electron chi connectivity index (χ4n) is 2.72. The summed E-state index contributed by atoms with van der Waals surface area (Å²) in [4.78, 5) is 11.6. The van der Waals surface area contributed by atoms with Gasteiger partial charge in [0.15, 0.2) is 0 Å². The molecule has 84 valence electrons.